The quantitative estimate of drug-likeness (QED) is 0.0724. The smallest absolute Gasteiger partial charge is 0.321 e. The van der Waals surface area contributed by atoms with Crippen LogP contribution in [0.3, 0.4) is 0 Å². The molecule has 0 radical (unpaired) electrons. The number of ether oxygens (including phenoxy) is 14. The van der Waals surface area contributed by atoms with Gasteiger partial charge in [-0.3, -0.25) is 9.59 Å². The molecule has 21 rings (SSSR count). The fourth-order valence-electron chi connectivity index (χ4n) is 11.2. The molecule has 0 amide bonds. The van der Waals surface area contributed by atoms with E-state index in [0.717, 1.165) is 23.5 Å². The maximum Gasteiger partial charge on any atom is 0.321 e. The second kappa shape index (κ2) is 31.9. The highest BCUT2D eigenvalue weighted by Crippen LogP contribution is 2.40. The normalized spacial score (nSPS) is 50.1. The van der Waals surface area contributed by atoms with Crippen molar-refractivity contribution in [1.82, 2.24) is 0 Å². The number of carbonyl (C=O) groups is 2. The number of aliphatic carboxylic acids is 2. The van der Waals surface area contributed by atoms with Crippen LogP contribution < -0.4 is 5.73 Å². The summed E-state index contributed by atoms with van der Waals surface area (Å²) in [5.74, 6) is -4.70. The van der Waals surface area contributed by atoms with E-state index in [0.29, 0.717) is 0 Å². The van der Waals surface area contributed by atoms with E-state index in [1.165, 1.54) is 6.92 Å². The van der Waals surface area contributed by atoms with Crippen LogP contribution in [0, 0.1) is 5.92 Å². The molecule has 14 bridgehead atoms. The second-order valence-corrected chi connectivity index (χ2v) is 24.7. The molecule has 21 fully saturated rings. The number of aliphatic hydroxyl groups excluding tert-OH is 19. The maximum absolute atomic E-state index is 11.7. The first kappa shape index (κ1) is 73.1. The fraction of sp³-hybridized carbons (Fsp3) is 0.959. The molecule has 14 unspecified atom stereocenters. The van der Waals surface area contributed by atoms with Crippen molar-refractivity contribution in [3.8, 4) is 0 Å². The highest BCUT2D eigenvalue weighted by atomic mass is 32.2. The minimum Gasteiger partial charge on any atom is -0.481 e. The van der Waals surface area contributed by atoms with Crippen LogP contribution in [0.2, 0.25) is 0 Å². The summed E-state index contributed by atoms with van der Waals surface area (Å²) in [6.07, 6.45) is -70.9. The second-order valence-electron chi connectivity index (χ2n) is 22.5. The van der Waals surface area contributed by atoms with Gasteiger partial charge in [-0.05, 0) is 0 Å². The predicted molar refractivity (Wildman–Crippen MR) is 281 cm³/mol. The largest absolute Gasteiger partial charge is 0.481 e. The van der Waals surface area contributed by atoms with E-state index in [9.17, 15) is 117 Å². The Morgan fingerprint density at radius 3 is 0.697 bits per heavy atom. The van der Waals surface area contributed by atoms with E-state index in [4.69, 9.17) is 72.0 Å². The van der Waals surface area contributed by atoms with Crippen molar-refractivity contribution in [2.75, 3.05) is 56.0 Å². The zero-order valence-corrected chi connectivity index (χ0v) is 48.7. The van der Waals surface area contributed by atoms with E-state index in [2.05, 4.69) is 0 Å². The van der Waals surface area contributed by atoms with Crippen LogP contribution in [0.5, 0.6) is 0 Å². The van der Waals surface area contributed by atoms with Crippen molar-refractivity contribution >= 4 is 35.5 Å². The summed E-state index contributed by atoms with van der Waals surface area (Å²) < 4.78 is 81.8. The van der Waals surface area contributed by atoms with Crippen LogP contribution in [0.25, 0.3) is 0 Å². The molecule has 0 aliphatic carbocycles. The Balaban J connectivity index is 1.11. The lowest BCUT2D eigenvalue weighted by Gasteiger charge is -2.50. The molecule has 38 nitrogen and oxygen atoms in total. The molecule has 21 aliphatic rings. The first-order valence-electron chi connectivity index (χ1n) is 28.3. The molecule has 0 aromatic heterocycles. The third-order valence-electron chi connectivity index (χ3n) is 16.4. The van der Waals surface area contributed by atoms with Crippen molar-refractivity contribution in [2.24, 2.45) is 11.7 Å². The molecule has 37 atom stereocenters. The van der Waals surface area contributed by atoms with Gasteiger partial charge in [0.1, 0.15) is 165 Å². The lowest BCUT2D eigenvalue weighted by molar-refractivity contribution is -0.395. The zero-order valence-electron chi connectivity index (χ0n) is 47.0. The Kier molecular flexibility index (Phi) is 26.2. The number of thioether (sulfide) groups is 2. The topological polar surface area (TPSA) is 614 Å². The highest BCUT2D eigenvalue weighted by molar-refractivity contribution is 7.99. The van der Waals surface area contributed by atoms with Crippen molar-refractivity contribution < 1.29 is 183 Å². The van der Waals surface area contributed by atoms with Gasteiger partial charge >= 0.3 is 11.9 Å². The Morgan fingerprint density at radius 1 is 0.315 bits per heavy atom. The summed E-state index contributed by atoms with van der Waals surface area (Å²) in [5, 5.41) is 233. The zero-order chi connectivity index (χ0) is 65.2. The minimum absolute atomic E-state index is 0.0967. The van der Waals surface area contributed by atoms with Gasteiger partial charge in [0.05, 0.1) is 51.2 Å². The van der Waals surface area contributed by atoms with Crippen molar-refractivity contribution in [3.63, 3.8) is 0 Å². The van der Waals surface area contributed by atoms with E-state index in [-0.39, 0.29) is 23.0 Å². The summed E-state index contributed by atoms with van der Waals surface area (Å²) >= 11 is 1.72. The van der Waals surface area contributed by atoms with Gasteiger partial charge < -0.3 is 179 Å². The van der Waals surface area contributed by atoms with Crippen LogP contribution in [0.4, 0.5) is 0 Å². The van der Waals surface area contributed by atoms with Gasteiger partial charge in [-0.2, -0.15) is 23.5 Å². The van der Waals surface area contributed by atoms with Crippen molar-refractivity contribution in [3.05, 3.63) is 0 Å². The molecule has 23 N–H and O–H groups in total. The monoisotopic (exact) mass is 1340 g/mol. The van der Waals surface area contributed by atoms with E-state index in [1.807, 2.05) is 0 Å². The van der Waals surface area contributed by atoms with E-state index >= 15 is 0 Å². The Bertz CT molecular complexity index is 2190. The summed E-state index contributed by atoms with van der Waals surface area (Å²) in [6, 6.07) is -1.46. The molecule has 0 aromatic carbocycles. The summed E-state index contributed by atoms with van der Waals surface area (Å²) in [6.45, 7) is -4.01. The van der Waals surface area contributed by atoms with Gasteiger partial charge in [0.2, 0.25) is 0 Å². The Hall–Kier alpha value is -1.72. The molecule has 21 heterocycles. The van der Waals surface area contributed by atoms with Crippen LogP contribution in [-0.4, -0.2) is 396 Å². The van der Waals surface area contributed by atoms with Gasteiger partial charge in [0, 0.05) is 23.0 Å². The van der Waals surface area contributed by atoms with Crippen LogP contribution in [0.15, 0.2) is 0 Å². The van der Waals surface area contributed by atoms with Gasteiger partial charge in [0.25, 0.3) is 0 Å². The fourth-order valence-corrected chi connectivity index (χ4v) is 13.4. The van der Waals surface area contributed by atoms with Gasteiger partial charge in [-0.25, -0.2) is 0 Å². The van der Waals surface area contributed by atoms with Crippen molar-refractivity contribution in [2.45, 2.75) is 228 Å². The van der Waals surface area contributed by atoms with Gasteiger partial charge in [0.15, 0.2) is 44.0 Å². The number of nitrogens with two attached hydrogens (primary N) is 1. The standard InChI is InChI=1S/C49H81NO37S2/c1-11(41(70)71)7-88-9-18-39-25(61)32(68)48(79-18)84-37-16(5-54)75-45(28(64)21(37)57)83-36-15(4-53)78-47(31(67)24(36)60)87-40-19(10-89-8-12(50)42(72)73)80-49(33(69)26(40)62)85-38-17(6-55)76-44(29(65)22(38)58)81-34-13(2-51)74-43(27(63)20(34)56)82-35-14(3-52)77-46(86-39)30(66)23(35)59/h11-40,43-49,51-69H,2-10,50H2,1H3,(H,70,71)(H,72,73)/t11-,12-,13?,14?,15?,16?,17?,18?,19?,20?,21?,22?,23-,24?,25-,26?,27+,28+,29+,30?,31+,32?,33+,34-,35-,36-,37-,38-,39-,40-,43-,44-,45-,46-,47-,48-,49-/m1/s1. The average molecular weight is 1340 g/mol. The molecule has 0 spiro atoms. The minimum atomic E-state index is -2.25. The Morgan fingerprint density at radius 2 is 0.506 bits per heavy atom. The first-order valence-corrected chi connectivity index (χ1v) is 30.6. The molecule has 89 heavy (non-hydrogen) atoms. The number of carboxylic acid groups (broad SMARTS) is 2. The lowest BCUT2D eigenvalue weighted by atomic mass is 9.95. The molecule has 0 saturated carbocycles. The number of rotatable bonds is 15. The number of carboxylic acids is 2. The lowest BCUT2D eigenvalue weighted by Crippen LogP contribution is -2.68. The predicted octanol–water partition coefficient (Wildman–Crippen LogP) is -13.6. The number of hydrogen-bond donors (Lipinski definition) is 22. The average Bonchev–Trinajstić information content (AvgIpc) is 0.983. The van der Waals surface area contributed by atoms with Crippen LogP contribution >= 0.6 is 23.5 Å². The van der Waals surface area contributed by atoms with Crippen LogP contribution in [0.1, 0.15) is 6.92 Å². The third-order valence-corrected chi connectivity index (χ3v) is 18.9. The first-order chi connectivity index (χ1) is 42.2. The SMILES string of the molecule is C[C@H](CSCC1O[C@@H]2O[C@@H]3C(CO)O[C@H](O[C@@H]4C(CO)O[C@H](O[C@@H]5C(CSC[C@@H](N)C(=O)O)O[C@H](O[C@@H]6C(CO)O[C@H](O[C@@H]7C(CO)O[C@H](O[C@@H]8C(CO)O[C@H](O[C@H]1[C@H](O)C2O)C(O)[C@H]8O)[C@@H](O)C7O)[C@@H](O)C6O)[C@@H](O)C5O)[C@@H](O)C4O)[C@@H](O)C3O)C(=O)O. The Labute approximate surface area is 512 Å². The molecule has 516 valence electrons. The molecular weight excluding hydrogens is 1260 g/mol. The van der Waals surface area contributed by atoms with E-state index in [1.54, 1.807) is 0 Å². The molecule has 0 aromatic rings. The highest BCUT2D eigenvalue weighted by Gasteiger charge is 2.60. The van der Waals surface area contributed by atoms with Gasteiger partial charge in [-0.15, -0.1) is 0 Å². The number of hydrogen-bond acceptors (Lipinski definition) is 38. The molecule has 21 aliphatic heterocycles. The summed E-state index contributed by atoms with van der Waals surface area (Å²) in [7, 11) is 0. The molecule has 40 heteroatoms. The van der Waals surface area contributed by atoms with Crippen LogP contribution in [-0.2, 0) is 75.9 Å². The number of aliphatic hydroxyl groups is 19. The summed E-state index contributed by atoms with van der Waals surface area (Å²) in [4.78, 5) is 23.3. The maximum atomic E-state index is 11.7. The molecule has 21 saturated heterocycles. The summed E-state index contributed by atoms with van der Waals surface area (Å²) in [5.41, 5.74) is 5.70. The third kappa shape index (κ3) is 15.9. The molecular formula is C49H81NO37S2. The van der Waals surface area contributed by atoms with E-state index < -0.39 is 272 Å². The van der Waals surface area contributed by atoms with Crippen molar-refractivity contribution in [1.29, 1.82) is 0 Å². The van der Waals surface area contributed by atoms with Gasteiger partial charge in [-0.1, -0.05) is 6.92 Å².